The van der Waals surface area contributed by atoms with Crippen LogP contribution in [0.3, 0.4) is 0 Å². The lowest BCUT2D eigenvalue weighted by Gasteiger charge is -2.11. The monoisotopic (exact) mass is 403 g/mol. The van der Waals surface area contributed by atoms with Crippen molar-refractivity contribution in [3.05, 3.63) is 47.8 Å². The molecule has 0 aliphatic carbocycles. The van der Waals surface area contributed by atoms with Gasteiger partial charge < -0.3 is 20.5 Å². The lowest BCUT2D eigenvalue weighted by molar-refractivity contribution is -0.126. The van der Waals surface area contributed by atoms with Crippen LogP contribution in [0.15, 0.2) is 30.5 Å². The van der Waals surface area contributed by atoms with E-state index in [1.807, 2.05) is 6.92 Å². The van der Waals surface area contributed by atoms with Gasteiger partial charge in [-0.15, -0.1) is 0 Å². The number of amides is 2. The van der Waals surface area contributed by atoms with Gasteiger partial charge >= 0.3 is 0 Å². The Labute approximate surface area is 168 Å². The average molecular weight is 403 g/mol. The molecule has 2 radical (unpaired) electrons. The molecule has 1 aromatic carbocycles. The molecule has 7 nitrogen and oxygen atoms in total. The van der Waals surface area contributed by atoms with Crippen LogP contribution in [-0.2, 0) is 9.53 Å². The highest BCUT2D eigenvalue weighted by Gasteiger charge is 2.28. The van der Waals surface area contributed by atoms with Gasteiger partial charge in [-0.3, -0.25) is 14.6 Å². The zero-order valence-electron chi connectivity index (χ0n) is 15.9. The summed E-state index contributed by atoms with van der Waals surface area (Å²) in [5.41, 5.74) is 5.51. The molecule has 2 aromatic rings. The van der Waals surface area contributed by atoms with Crippen molar-refractivity contribution in [3.63, 3.8) is 0 Å². The van der Waals surface area contributed by atoms with Crippen molar-refractivity contribution in [2.24, 2.45) is 5.73 Å². The lowest BCUT2D eigenvalue weighted by atomic mass is 9.95. The Balaban J connectivity index is 0.000000234. The van der Waals surface area contributed by atoms with Crippen molar-refractivity contribution in [3.8, 4) is 5.75 Å². The standard InChI is InChI=1S/C12H15N3O3.C7H5BF2O/c1-7-2-3-10(18-7)12(17)15-8-4-5-14-9(6-8)11(13)16;1-11-5-3-2-4(8)6(9)7(5)10/h4-7,10H,2-3H2,1H3,(H2,13,16)(H,14,15,17);2-3H,1H3. The number of nitrogens with one attached hydrogen (secondary N) is 1. The molecule has 0 spiro atoms. The average Bonchev–Trinajstić information content (AvgIpc) is 3.13. The quantitative estimate of drug-likeness (QED) is 0.753. The summed E-state index contributed by atoms with van der Waals surface area (Å²) in [5.74, 6) is -3.09. The SMILES string of the molecule is CC1CCC(C(=O)Nc2ccnc(C(N)=O)c2)O1.[B]c1ccc(OC)c(F)c1F. The van der Waals surface area contributed by atoms with Gasteiger partial charge in [0.1, 0.15) is 19.6 Å². The van der Waals surface area contributed by atoms with Crippen molar-refractivity contribution >= 4 is 30.8 Å². The van der Waals surface area contributed by atoms with Crippen molar-refractivity contribution in [1.82, 2.24) is 4.98 Å². The molecule has 3 N–H and O–H groups in total. The van der Waals surface area contributed by atoms with Crippen LogP contribution < -0.4 is 21.3 Å². The second kappa shape index (κ2) is 9.97. The number of ether oxygens (including phenoxy) is 2. The first-order valence-electron chi connectivity index (χ1n) is 8.72. The van der Waals surface area contributed by atoms with Crippen LogP contribution in [0.5, 0.6) is 5.75 Å². The summed E-state index contributed by atoms with van der Waals surface area (Å²) < 4.78 is 35.2. The number of hydrogen-bond donors (Lipinski definition) is 2. The van der Waals surface area contributed by atoms with Gasteiger partial charge in [-0.25, -0.2) is 4.39 Å². The number of rotatable bonds is 4. The molecule has 0 saturated carbocycles. The highest BCUT2D eigenvalue weighted by atomic mass is 19.2. The molecule has 1 aromatic heterocycles. The third-order valence-electron chi connectivity index (χ3n) is 4.10. The third-order valence-corrected chi connectivity index (χ3v) is 4.10. The summed E-state index contributed by atoms with van der Waals surface area (Å²) in [6, 6.07) is 5.56. The molecule has 29 heavy (non-hydrogen) atoms. The number of methoxy groups -OCH3 is 1. The molecule has 1 aliphatic heterocycles. The maximum absolute atomic E-state index is 12.7. The molecule has 1 saturated heterocycles. The Bertz CT molecular complexity index is 898. The van der Waals surface area contributed by atoms with E-state index in [0.29, 0.717) is 12.1 Å². The number of pyridine rings is 1. The van der Waals surface area contributed by atoms with E-state index in [-0.39, 0.29) is 28.9 Å². The van der Waals surface area contributed by atoms with Gasteiger partial charge in [-0.05, 0) is 38.0 Å². The van der Waals surface area contributed by atoms with Crippen LogP contribution in [-0.4, -0.2) is 44.0 Å². The Morgan fingerprint density at radius 2 is 2.00 bits per heavy atom. The van der Waals surface area contributed by atoms with Crippen LogP contribution in [0.4, 0.5) is 14.5 Å². The summed E-state index contributed by atoms with van der Waals surface area (Å²) in [4.78, 5) is 26.6. The van der Waals surface area contributed by atoms with Crippen LogP contribution in [0.1, 0.15) is 30.3 Å². The molecule has 2 heterocycles. The van der Waals surface area contributed by atoms with Crippen LogP contribution in [0.25, 0.3) is 0 Å². The maximum atomic E-state index is 12.7. The Kier molecular flexibility index (Phi) is 7.66. The summed E-state index contributed by atoms with van der Waals surface area (Å²) in [6.07, 6.45) is 2.69. The van der Waals surface area contributed by atoms with Gasteiger partial charge in [0.25, 0.3) is 11.8 Å². The van der Waals surface area contributed by atoms with E-state index in [2.05, 4.69) is 15.0 Å². The van der Waals surface area contributed by atoms with Gasteiger partial charge in [0, 0.05) is 11.9 Å². The molecule has 3 rings (SSSR count). The minimum atomic E-state index is -1.07. The van der Waals surface area contributed by atoms with Gasteiger partial charge in [0.2, 0.25) is 0 Å². The molecule has 10 heteroatoms. The zero-order valence-corrected chi connectivity index (χ0v) is 15.9. The van der Waals surface area contributed by atoms with Crippen molar-refractivity contribution in [1.29, 1.82) is 0 Å². The Hall–Kier alpha value is -3.01. The largest absolute Gasteiger partial charge is 0.494 e. The molecule has 2 atom stereocenters. The predicted octanol–water partition coefficient (Wildman–Crippen LogP) is 1.45. The fourth-order valence-corrected chi connectivity index (χ4v) is 2.57. The number of primary amides is 1. The van der Waals surface area contributed by atoms with Crippen molar-refractivity contribution < 1.29 is 27.8 Å². The molecular weight excluding hydrogens is 383 g/mol. The fourth-order valence-electron chi connectivity index (χ4n) is 2.57. The first-order valence-corrected chi connectivity index (χ1v) is 8.72. The number of carbonyl (C=O) groups is 2. The van der Waals surface area contributed by atoms with E-state index in [4.69, 9.17) is 18.3 Å². The minimum absolute atomic E-state index is 0.111. The normalized spacial score (nSPS) is 17.8. The number of carbonyl (C=O) groups excluding carboxylic acids is 2. The Morgan fingerprint density at radius 3 is 2.59 bits per heavy atom. The molecule has 2 amide bonds. The van der Waals surface area contributed by atoms with E-state index in [1.54, 1.807) is 6.07 Å². The smallest absolute Gasteiger partial charge is 0.267 e. The lowest BCUT2D eigenvalue weighted by Crippen LogP contribution is -2.28. The first kappa shape index (κ1) is 22.3. The second-order valence-electron chi connectivity index (χ2n) is 6.28. The predicted molar refractivity (Wildman–Crippen MR) is 103 cm³/mol. The zero-order chi connectivity index (χ0) is 21.6. The molecule has 1 fully saturated rings. The number of benzene rings is 1. The van der Waals surface area contributed by atoms with Gasteiger partial charge in [0.15, 0.2) is 17.4 Å². The van der Waals surface area contributed by atoms with Crippen LogP contribution in [0.2, 0.25) is 0 Å². The third kappa shape index (κ3) is 5.98. The topological polar surface area (TPSA) is 104 Å². The van der Waals surface area contributed by atoms with Crippen molar-refractivity contribution in [2.75, 3.05) is 12.4 Å². The minimum Gasteiger partial charge on any atom is -0.494 e. The number of halogens is 2. The van der Waals surface area contributed by atoms with E-state index >= 15 is 0 Å². The number of hydrogen-bond acceptors (Lipinski definition) is 5. The van der Waals surface area contributed by atoms with E-state index < -0.39 is 23.6 Å². The summed E-state index contributed by atoms with van der Waals surface area (Å²) >= 11 is 0. The highest BCUT2D eigenvalue weighted by molar-refractivity contribution is 6.32. The summed E-state index contributed by atoms with van der Waals surface area (Å²) in [5, 5.41) is 2.69. The molecule has 1 aliphatic rings. The molecular formula is C19H20BF2N3O4. The fraction of sp³-hybridized carbons (Fsp3) is 0.316. The van der Waals surface area contributed by atoms with E-state index in [9.17, 15) is 18.4 Å². The Morgan fingerprint density at radius 1 is 1.28 bits per heavy atom. The highest BCUT2D eigenvalue weighted by Crippen LogP contribution is 2.20. The number of nitrogens with zero attached hydrogens (tertiary/aromatic N) is 1. The molecule has 152 valence electrons. The van der Waals surface area contributed by atoms with Crippen molar-refractivity contribution in [2.45, 2.75) is 32.0 Å². The number of anilines is 1. The first-order chi connectivity index (χ1) is 13.7. The summed E-state index contributed by atoms with van der Waals surface area (Å²) in [7, 11) is 6.33. The molecule has 2 unspecified atom stereocenters. The van der Waals surface area contributed by atoms with Crippen LogP contribution >= 0.6 is 0 Å². The molecule has 0 bridgehead atoms. The summed E-state index contributed by atoms with van der Waals surface area (Å²) in [6.45, 7) is 1.94. The van der Waals surface area contributed by atoms with Gasteiger partial charge in [0.05, 0.1) is 13.2 Å². The van der Waals surface area contributed by atoms with Gasteiger partial charge in [-0.2, -0.15) is 4.39 Å². The van der Waals surface area contributed by atoms with E-state index in [1.165, 1.54) is 31.5 Å². The second-order valence-corrected chi connectivity index (χ2v) is 6.28. The van der Waals surface area contributed by atoms with Crippen LogP contribution in [0, 0.1) is 11.6 Å². The van der Waals surface area contributed by atoms with E-state index in [0.717, 1.165) is 6.42 Å². The number of aromatic nitrogens is 1. The van der Waals surface area contributed by atoms with Gasteiger partial charge in [-0.1, -0.05) is 11.5 Å². The maximum Gasteiger partial charge on any atom is 0.267 e. The number of nitrogens with two attached hydrogens (primary N) is 1.